The van der Waals surface area contributed by atoms with E-state index in [2.05, 4.69) is 21.4 Å². The van der Waals surface area contributed by atoms with Crippen molar-refractivity contribution in [2.75, 3.05) is 25.0 Å². The Labute approximate surface area is 160 Å². The average Bonchev–Trinajstić information content (AvgIpc) is 3.06. The first-order valence-corrected chi connectivity index (χ1v) is 9.73. The number of hydrogen-bond acceptors (Lipinski definition) is 3. The van der Waals surface area contributed by atoms with Crippen LogP contribution in [-0.4, -0.2) is 40.0 Å². The van der Waals surface area contributed by atoms with Gasteiger partial charge in [0.2, 0.25) is 5.91 Å². The summed E-state index contributed by atoms with van der Waals surface area (Å²) in [5, 5.41) is 3.68. The number of piperidine rings is 1. The predicted molar refractivity (Wildman–Crippen MR) is 105 cm³/mol. The van der Waals surface area contributed by atoms with Gasteiger partial charge in [-0.2, -0.15) is 0 Å². The van der Waals surface area contributed by atoms with E-state index < -0.39 is 0 Å². The average molecular weight is 375 g/mol. The summed E-state index contributed by atoms with van der Waals surface area (Å²) in [6, 6.07) is 7.28. The number of aryl methyl sites for hydroxylation is 2. The zero-order valence-electron chi connectivity index (χ0n) is 15.3. The Morgan fingerprint density at radius 2 is 1.96 bits per heavy atom. The van der Waals surface area contributed by atoms with Crippen LogP contribution in [0.1, 0.15) is 31.4 Å². The van der Waals surface area contributed by atoms with Gasteiger partial charge in [0.05, 0.1) is 12.0 Å². The summed E-state index contributed by atoms with van der Waals surface area (Å²) in [6.07, 6.45) is 9.19. The van der Waals surface area contributed by atoms with E-state index in [0.29, 0.717) is 5.02 Å². The van der Waals surface area contributed by atoms with Crippen LogP contribution in [0.2, 0.25) is 5.02 Å². The van der Waals surface area contributed by atoms with Crippen molar-refractivity contribution in [2.24, 2.45) is 13.0 Å². The topological polar surface area (TPSA) is 50.2 Å². The van der Waals surface area contributed by atoms with E-state index in [1.54, 1.807) is 12.1 Å². The van der Waals surface area contributed by atoms with E-state index in [1.165, 1.54) is 12.1 Å². The van der Waals surface area contributed by atoms with E-state index in [0.717, 1.165) is 51.0 Å². The number of hydrogen-bond donors (Lipinski definition) is 1. The second-order valence-corrected chi connectivity index (χ2v) is 7.54. The van der Waals surface area contributed by atoms with Crippen molar-refractivity contribution in [3.8, 4) is 0 Å². The lowest BCUT2D eigenvalue weighted by Crippen LogP contribution is -2.38. The molecule has 0 spiro atoms. The number of benzene rings is 1. The van der Waals surface area contributed by atoms with Crippen molar-refractivity contribution < 1.29 is 4.79 Å². The van der Waals surface area contributed by atoms with Gasteiger partial charge in [-0.15, -0.1) is 0 Å². The Balaban J connectivity index is 1.33. The second-order valence-electron chi connectivity index (χ2n) is 7.10. The molecule has 1 aromatic heterocycles. The van der Waals surface area contributed by atoms with Crippen LogP contribution < -0.4 is 5.32 Å². The van der Waals surface area contributed by atoms with Crippen molar-refractivity contribution in [2.45, 2.75) is 32.1 Å². The fourth-order valence-corrected chi connectivity index (χ4v) is 3.56. The zero-order valence-corrected chi connectivity index (χ0v) is 16.1. The van der Waals surface area contributed by atoms with Crippen molar-refractivity contribution in [1.29, 1.82) is 0 Å². The fourth-order valence-electron chi connectivity index (χ4n) is 3.43. The number of anilines is 1. The number of rotatable bonds is 7. The van der Waals surface area contributed by atoms with E-state index in [9.17, 15) is 4.79 Å². The second kappa shape index (κ2) is 9.19. The van der Waals surface area contributed by atoms with Crippen molar-refractivity contribution in [3.05, 3.63) is 47.5 Å². The molecule has 26 heavy (non-hydrogen) atoms. The third-order valence-electron chi connectivity index (χ3n) is 4.99. The van der Waals surface area contributed by atoms with Gasteiger partial charge >= 0.3 is 0 Å². The molecule has 1 amide bonds. The zero-order chi connectivity index (χ0) is 18.4. The van der Waals surface area contributed by atoms with Gasteiger partial charge in [0.15, 0.2) is 0 Å². The maximum Gasteiger partial charge on any atom is 0.227 e. The summed E-state index contributed by atoms with van der Waals surface area (Å²) in [6.45, 7) is 3.11. The maximum atomic E-state index is 12.4. The molecule has 1 aliphatic heterocycles. The quantitative estimate of drug-likeness (QED) is 0.751. The van der Waals surface area contributed by atoms with Crippen LogP contribution in [0, 0.1) is 5.92 Å². The van der Waals surface area contributed by atoms with E-state index >= 15 is 0 Å². The molecule has 1 fully saturated rings. The van der Waals surface area contributed by atoms with E-state index in [4.69, 9.17) is 11.6 Å². The van der Waals surface area contributed by atoms with Crippen LogP contribution in [0.25, 0.3) is 0 Å². The number of carbonyl (C=O) groups excluding carboxylic acids is 1. The molecule has 0 atom stereocenters. The Kier molecular flexibility index (Phi) is 6.69. The molecule has 1 saturated heterocycles. The predicted octanol–water partition coefficient (Wildman–Crippen LogP) is 3.75. The molecule has 1 aromatic carbocycles. The summed E-state index contributed by atoms with van der Waals surface area (Å²) in [5.41, 5.74) is 1.99. The van der Waals surface area contributed by atoms with Gasteiger partial charge in [0.1, 0.15) is 0 Å². The molecule has 5 nitrogen and oxygen atoms in total. The minimum atomic E-state index is 0.107. The minimum absolute atomic E-state index is 0.107. The molecular weight excluding hydrogens is 348 g/mol. The molecule has 0 unspecified atom stereocenters. The van der Waals surface area contributed by atoms with Crippen LogP contribution in [0.5, 0.6) is 0 Å². The Hall–Kier alpha value is -1.85. The van der Waals surface area contributed by atoms with Crippen LogP contribution in [0.15, 0.2) is 36.8 Å². The number of nitrogens with one attached hydrogen (secondary N) is 1. The number of likely N-dealkylation sites (tertiary alicyclic amines) is 1. The van der Waals surface area contributed by atoms with Gasteiger partial charge in [0.25, 0.3) is 0 Å². The highest BCUT2D eigenvalue weighted by atomic mass is 35.5. The van der Waals surface area contributed by atoms with Crippen molar-refractivity contribution in [3.63, 3.8) is 0 Å². The molecule has 1 N–H and O–H groups in total. The summed E-state index contributed by atoms with van der Waals surface area (Å²) in [5.74, 6) is 0.234. The maximum absolute atomic E-state index is 12.4. The third kappa shape index (κ3) is 5.58. The molecule has 6 heteroatoms. The Bertz CT molecular complexity index is 705. The first-order valence-electron chi connectivity index (χ1n) is 9.36. The summed E-state index contributed by atoms with van der Waals surface area (Å²) in [4.78, 5) is 19.2. The third-order valence-corrected chi connectivity index (χ3v) is 5.24. The number of nitrogens with zero attached hydrogens (tertiary/aromatic N) is 3. The number of halogens is 1. The van der Waals surface area contributed by atoms with Crippen LogP contribution in [0.3, 0.4) is 0 Å². The monoisotopic (exact) mass is 374 g/mol. The molecule has 0 saturated carbocycles. The Morgan fingerprint density at radius 3 is 2.62 bits per heavy atom. The highest BCUT2D eigenvalue weighted by molar-refractivity contribution is 6.30. The first-order chi connectivity index (χ1) is 12.6. The number of unbranched alkanes of at least 4 members (excludes halogenated alkanes) is 1. The molecular formula is C20H27ClN4O. The van der Waals surface area contributed by atoms with Crippen molar-refractivity contribution in [1.82, 2.24) is 14.5 Å². The molecule has 0 bridgehead atoms. The SMILES string of the molecule is Cn1cnc(CCCCN2CCC(C(=O)Nc3ccc(Cl)cc3)CC2)c1. The number of amides is 1. The first kappa shape index (κ1) is 18.9. The lowest BCUT2D eigenvalue weighted by atomic mass is 9.95. The smallest absolute Gasteiger partial charge is 0.227 e. The molecule has 0 aliphatic carbocycles. The summed E-state index contributed by atoms with van der Waals surface area (Å²) < 4.78 is 2.00. The molecule has 140 valence electrons. The normalized spacial score (nSPS) is 15.9. The number of imidazole rings is 1. The van der Waals surface area contributed by atoms with Crippen LogP contribution in [-0.2, 0) is 18.3 Å². The molecule has 0 radical (unpaired) electrons. The molecule has 2 aromatic rings. The lowest BCUT2D eigenvalue weighted by molar-refractivity contribution is -0.121. The highest BCUT2D eigenvalue weighted by Crippen LogP contribution is 2.21. The van der Waals surface area contributed by atoms with Gasteiger partial charge in [0, 0.05) is 29.9 Å². The molecule has 1 aliphatic rings. The number of aromatic nitrogens is 2. The highest BCUT2D eigenvalue weighted by Gasteiger charge is 2.24. The summed E-state index contributed by atoms with van der Waals surface area (Å²) >= 11 is 5.88. The summed E-state index contributed by atoms with van der Waals surface area (Å²) in [7, 11) is 2.00. The van der Waals surface area contributed by atoms with Gasteiger partial charge in [-0.1, -0.05) is 11.6 Å². The number of carbonyl (C=O) groups is 1. The lowest BCUT2D eigenvalue weighted by Gasteiger charge is -2.31. The van der Waals surface area contributed by atoms with Gasteiger partial charge < -0.3 is 14.8 Å². The Morgan fingerprint density at radius 1 is 1.23 bits per heavy atom. The molecule has 2 heterocycles. The van der Waals surface area contributed by atoms with Crippen LogP contribution in [0.4, 0.5) is 5.69 Å². The van der Waals surface area contributed by atoms with Crippen LogP contribution >= 0.6 is 11.6 Å². The van der Waals surface area contributed by atoms with E-state index in [-0.39, 0.29) is 11.8 Å². The standard InChI is InChI=1S/C20H27ClN4O/c1-24-14-19(22-15-24)4-2-3-11-25-12-9-16(10-13-25)20(26)23-18-7-5-17(21)6-8-18/h5-8,14-16H,2-4,9-13H2,1H3,(H,23,26). The molecule has 3 rings (SSSR count). The minimum Gasteiger partial charge on any atom is -0.340 e. The van der Waals surface area contributed by atoms with Gasteiger partial charge in [-0.3, -0.25) is 4.79 Å². The van der Waals surface area contributed by atoms with Crippen molar-refractivity contribution >= 4 is 23.2 Å². The fraction of sp³-hybridized carbons (Fsp3) is 0.500. The largest absolute Gasteiger partial charge is 0.340 e. The van der Waals surface area contributed by atoms with Gasteiger partial charge in [-0.25, -0.2) is 4.98 Å². The van der Waals surface area contributed by atoms with Gasteiger partial charge in [-0.05, 0) is 76.0 Å². The van der Waals surface area contributed by atoms with E-state index in [1.807, 2.05) is 30.1 Å².